The molecule has 0 saturated carbocycles. The molecule has 1 N–H and O–H groups in total. The van der Waals surface area contributed by atoms with Gasteiger partial charge in [0.05, 0.1) is 23.3 Å². The van der Waals surface area contributed by atoms with Crippen molar-refractivity contribution in [3.8, 4) is 11.3 Å². The Hall–Kier alpha value is -2.69. The van der Waals surface area contributed by atoms with Crippen molar-refractivity contribution in [1.29, 1.82) is 5.41 Å². The Morgan fingerprint density at radius 2 is 2.10 bits per heavy atom. The van der Waals surface area contributed by atoms with Crippen LogP contribution in [-0.4, -0.2) is 41.1 Å². The van der Waals surface area contributed by atoms with Crippen LogP contribution in [0.5, 0.6) is 0 Å². The van der Waals surface area contributed by atoms with Gasteiger partial charge in [-0.05, 0) is 30.3 Å². The summed E-state index contributed by atoms with van der Waals surface area (Å²) in [5.74, 6) is -0.319. The SMILES string of the molecule is CCS(=O)(=O)C1=NSC2=NC(=O)/C(=C\c3ccc(-c4cccc(Cl)c4)o3)C(=N)N21. The third-order valence-corrected chi connectivity index (χ3v) is 6.82. The van der Waals surface area contributed by atoms with Crippen molar-refractivity contribution in [2.45, 2.75) is 6.92 Å². The Balaban J connectivity index is 1.69. The van der Waals surface area contributed by atoms with Crippen LogP contribution in [0, 0.1) is 5.41 Å². The van der Waals surface area contributed by atoms with E-state index in [9.17, 15) is 13.2 Å². The largest absolute Gasteiger partial charge is 0.457 e. The maximum absolute atomic E-state index is 12.4. The molecule has 1 aromatic carbocycles. The maximum atomic E-state index is 12.4. The monoisotopic (exact) mass is 448 g/mol. The van der Waals surface area contributed by atoms with Gasteiger partial charge in [-0.1, -0.05) is 30.7 Å². The molecule has 4 rings (SSSR count). The minimum absolute atomic E-state index is 0.0447. The fourth-order valence-corrected chi connectivity index (χ4v) is 4.85. The first-order valence-corrected chi connectivity index (χ1v) is 11.2. The second-order valence-corrected chi connectivity index (χ2v) is 9.36. The lowest BCUT2D eigenvalue weighted by Crippen LogP contribution is -2.45. The highest BCUT2D eigenvalue weighted by atomic mass is 35.5. The van der Waals surface area contributed by atoms with Crippen LogP contribution in [0.2, 0.25) is 5.02 Å². The molecular formula is C18H13ClN4O4S2. The lowest BCUT2D eigenvalue weighted by atomic mass is 10.1. The van der Waals surface area contributed by atoms with Crippen molar-refractivity contribution in [3.63, 3.8) is 0 Å². The van der Waals surface area contributed by atoms with Gasteiger partial charge in [0.15, 0.2) is 0 Å². The normalized spacial score (nSPS) is 18.1. The molecular weight excluding hydrogens is 436 g/mol. The first-order chi connectivity index (χ1) is 13.8. The molecule has 1 amide bonds. The van der Waals surface area contributed by atoms with Crippen molar-refractivity contribution in [2.75, 3.05) is 5.75 Å². The van der Waals surface area contributed by atoms with Gasteiger partial charge in [-0.2, -0.15) is 9.39 Å². The van der Waals surface area contributed by atoms with Gasteiger partial charge in [-0.15, -0.1) is 0 Å². The standard InChI is InChI=1S/C18H13ClN4O4S2/c1-2-29(25,26)18-22-28-17-21-16(24)13(15(20)23(17)18)9-12-6-7-14(27-12)10-4-3-5-11(19)8-10/h3-9,20H,2H2,1H3/b13-9-,20-15?. The van der Waals surface area contributed by atoms with Gasteiger partial charge >= 0.3 is 0 Å². The Morgan fingerprint density at radius 1 is 1.31 bits per heavy atom. The van der Waals surface area contributed by atoms with Gasteiger partial charge in [0.2, 0.25) is 20.2 Å². The Kier molecular flexibility index (Phi) is 4.93. The van der Waals surface area contributed by atoms with E-state index in [0.29, 0.717) is 16.5 Å². The number of carbonyl (C=O) groups excluding carboxylic acids is 1. The number of nitrogens with zero attached hydrogens (tertiary/aromatic N) is 3. The number of amidine groups is 3. The van der Waals surface area contributed by atoms with Gasteiger partial charge in [0.1, 0.15) is 17.4 Å². The Morgan fingerprint density at radius 3 is 2.83 bits per heavy atom. The maximum Gasteiger partial charge on any atom is 0.283 e. The van der Waals surface area contributed by atoms with Gasteiger partial charge in [0.25, 0.3) is 5.91 Å². The summed E-state index contributed by atoms with van der Waals surface area (Å²) in [6, 6.07) is 10.4. The molecule has 11 heteroatoms. The predicted octanol–water partition coefficient (Wildman–Crippen LogP) is 3.61. The van der Waals surface area contributed by atoms with Gasteiger partial charge < -0.3 is 4.42 Å². The van der Waals surface area contributed by atoms with Crippen LogP contribution in [0.15, 0.2) is 55.8 Å². The molecule has 0 atom stereocenters. The number of fused-ring (bicyclic) bond motifs is 1. The van der Waals surface area contributed by atoms with Gasteiger partial charge in [-0.25, -0.2) is 13.3 Å². The van der Waals surface area contributed by atoms with E-state index in [1.807, 2.05) is 6.07 Å². The van der Waals surface area contributed by atoms with Crippen LogP contribution >= 0.6 is 23.5 Å². The average molecular weight is 449 g/mol. The van der Waals surface area contributed by atoms with Crippen molar-refractivity contribution in [2.24, 2.45) is 9.39 Å². The number of carbonyl (C=O) groups is 1. The summed E-state index contributed by atoms with van der Waals surface area (Å²) >= 11 is 6.76. The number of rotatable bonds is 3. The topological polar surface area (TPSA) is 116 Å². The highest BCUT2D eigenvalue weighted by molar-refractivity contribution is 8.16. The van der Waals surface area contributed by atoms with E-state index in [1.54, 1.807) is 30.3 Å². The summed E-state index contributed by atoms with van der Waals surface area (Å²) in [5, 5.41) is 8.68. The first-order valence-electron chi connectivity index (χ1n) is 8.37. The quantitative estimate of drug-likeness (QED) is 0.566. The predicted molar refractivity (Wildman–Crippen MR) is 114 cm³/mol. The molecule has 0 radical (unpaired) electrons. The molecule has 29 heavy (non-hydrogen) atoms. The van der Waals surface area contributed by atoms with Crippen molar-refractivity contribution in [3.05, 3.63) is 52.8 Å². The summed E-state index contributed by atoms with van der Waals surface area (Å²) in [6.07, 6.45) is 1.36. The molecule has 0 fully saturated rings. The van der Waals surface area contributed by atoms with Crippen molar-refractivity contribution < 1.29 is 17.6 Å². The van der Waals surface area contributed by atoms with E-state index >= 15 is 0 Å². The number of halogens is 1. The Labute approximate surface area is 175 Å². The number of aliphatic imine (C=N–C) groups is 1. The molecule has 1 aromatic heterocycles. The van der Waals surface area contributed by atoms with Crippen LogP contribution in [0.4, 0.5) is 0 Å². The summed E-state index contributed by atoms with van der Waals surface area (Å²) in [7, 11) is -3.69. The summed E-state index contributed by atoms with van der Waals surface area (Å²) in [6.45, 7) is 1.48. The average Bonchev–Trinajstić information content (AvgIpc) is 3.32. The first kappa shape index (κ1) is 19.6. The lowest BCUT2D eigenvalue weighted by Gasteiger charge is -2.24. The third-order valence-electron chi connectivity index (χ3n) is 4.18. The zero-order chi connectivity index (χ0) is 20.8. The minimum Gasteiger partial charge on any atom is -0.457 e. The molecule has 2 aliphatic rings. The van der Waals surface area contributed by atoms with E-state index in [2.05, 4.69) is 9.39 Å². The van der Waals surface area contributed by atoms with E-state index in [-0.39, 0.29) is 27.5 Å². The van der Waals surface area contributed by atoms with Gasteiger partial charge in [-0.3, -0.25) is 10.2 Å². The molecule has 8 nitrogen and oxygen atoms in total. The van der Waals surface area contributed by atoms with Crippen LogP contribution in [0.1, 0.15) is 12.7 Å². The number of furan rings is 1. The smallest absolute Gasteiger partial charge is 0.283 e. The zero-order valence-corrected chi connectivity index (χ0v) is 17.3. The molecule has 0 bridgehead atoms. The molecule has 0 saturated heterocycles. The summed E-state index contributed by atoms with van der Waals surface area (Å²) in [5.41, 5.74) is 0.661. The molecule has 2 aromatic rings. The number of nitrogens with one attached hydrogen (secondary N) is 1. The molecule has 0 aliphatic carbocycles. The van der Waals surface area contributed by atoms with E-state index in [0.717, 1.165) is 22.4 Å². The number of sulfone groups is 1. The second kappa shape index (κ2) is 7.29. The molecule has 3 heterocycles. The number of amides is 1. The van der Waals surface area contributed by atoms with E-state index in [4.69, 9.17) is 21.4 Å². The van der Waals surface area contributed by atoms with Crippen molar-refractivity contribution in [1.82, 2.24) is 4.90 Å². The highest BCUT2D eigenvalue weighted by Gasteiger charge is 2.42. The fraction of sp³-hybridized carbons (Fsp3) is 0.111. The molecule has 2 aliphatic heterocycles. The number of hydrogen-bond acceptors (Lipinski definition) is 7. The molecule has 148 valence electrons. The number of hydrogen-bond donors (Lipinski definition) is 1. The van der Waals surface area contributed by atoms with Gasteiger partial charge in [0, 0.05) is 10.6 Å². The number of benzene rings is 1. The fourth-order valence-electron chi connectivity index (χ4n) is 2.70. The van der Waals surface area contributed by atoms with E-state index < -0.39 is 15.7 Å². The van der Waals surface area contributed by atoms with Crippen LogP contribution in [0.25, 0.3) is 17.4 Å². The van der Waals surface area contributed by atoms with Crippen molar-refractivity contribution >= 4 is 61.5 Å². The van der Waals surface area contributed by atoms with E-state index in [1.165, 1.54) is 13.0 Å². The molecule has 0 spiro atoms. The summed E-state index contributed by atoms with van der Waals surface area (Å²) in [4.78, 5) is 17.3. The van der Waals surface area contributed by atoms with Crippen LogP contribution < -0.4 is 0 Å². The summed E-state index contributed by atoms with van der Waals surface area (Å²) < 4.78 is 34.2. The lowest BCUT2D eigenvalue weighted by molar-refractivity contribution is -0.114. The second-order valence-electron chi connectivity index (χ2n) is 6.02. The molecule has 0 unspecified atom stereocenters. The highest BCUT2D eigenvalue weighted by Crippen LogP contribution is 2.31. The van der Waals surface area contributed by atoms with Crippen LogP contribution in [-0.2, 0) is 14.6 Å². The van der Waals surface area contributed by atoms with Crippen LogP contribution in [0.3, 0.4) is 0 Å². The Bertz CT molecular complexity index is 1240. The minimum atomic E-state index is -3.69. The third kappa shape index (κ3) is 3.54. The zero-order valence-electron chi connectivity index (χ0n) is 14.9.